The Morgan fingerprint density at radius 2 is 2.00 bits per heavy atom. The maximum Gasteiger partial charge on any atom is 0.336 e. The average Bonchev–Trinajstić information content (AvgIpc) is 3.18. The first-order valence-electron chi connectivity index (χ1n) is 11.3. The third-order valence-electron chi connectivity index (χ3n) is 5.82. The number of carboxylic acid groups (broad SMARTS) is 1. The maximum absolute atomic E-state index is 14.1. The summed E-state index contributed by atoms with van der Waals surface area (Å²) in [4.78, 5) is 21.0. The summed E-state index contributed by atoms with van der Waals surface area (Å²) in [5.74, 6) is 0.247. The molecule has 0 unspecified atom stereocenters. The predicted molar refractivity (Wildman–Crippen MR) is 140 cm³/mol. The Hall–Kier alpha value is -3.10. The van der Waals surface area contributed by atoms with Gasteiger partial charge in [-0.05, 0) is 55.9 Å². The zero-order chi connectivity index (χ0) is 25.1. The number of nitrogens with one attached hydrogen (secondary N) is 1. The van der Waals surface area contributed by atoms with Crippen molar-refractivity contribution in [1.82, 2.24) is 14.5 Å². The third-order valence-corrected chi connectivity index (χ3v) is 7.37. The zero-order valence-corrected chi connectivity index (χ0v) is 21.3. The topological polar surface area (TPSA) is 80.0 Å². The Balaban J connectivity index is 1.53. The minimum Gasteiger partial charge on any atom is -0.478 e. The molecule has 0 fully saturated rings. The van der Waals surface area contributed by atoms with Gasteiger partial charge < -0.3 is 15.0 Å². The highest BCUT2D eigenvalue weighted by molar-refractivity contribution is 7.99. The SMILES string of the molecule is CCCSc1cc(-c2cc(NCCn3c(C)cc4c(C)c(F)cc(Cl)c43)ncn2)ccc1C(=O)O. The van der Waals surface area contributed by atoms with Crippen LogP contribution < -0.4 is 5.32 Å². The molecule has 182 valence electrons. The van der Waals surface area contributed by atoms with E-state index in [0.29, 0.717) is 40.8 Å². The van der Waals surface area contributed by atoms with Gasteiger partial charge in [0.2, 0.25) is 0 Å². The molecular weight excluding hydrogens is 487 g/mol. The van der Waals surface area contributed by atoms with Crippen LogP contribution in [0.5, 0.6) is 0 Å². The Morgan fingerprint density at radius 3 is 2.74 bits per heavy atom. The number of hydrogen-bond donors (Lipinski definition) is 2. The second-order valence-corrected chi connectivity index (χ2v) is 9.79. The zero-order valence-electron chi connectivity index (χ0n) is 19.7. The van der Waals surface area contributed by atoms with Crippen LogP contribution in [0.15, 0.2) is 47.6 Å². The number of carboxylic acids is 1. The van der Waals surface area contributed by atoms with Gasteiger partial charge in [0, 0.05) is 40.7 Å². The Bertz CT molecular complexity index is 1410. The van der Waals surface area contributed by atoms with Crippen LogP contribution in [0.4, 0.5) is 10.2 Å². The van der Waals surface area contributed by atoms with Crippen molar-refractivity contribution in [3.05, 3.63) is 70.4 Å². The van der Waals surface area contributed by atoms with Gasteiger partial charge in [-0.3, -0.25) is 0 Å². The van der Waals surface area contributed by atoms with E-state index in [-0.39, 0.29) is 5.82 Å². The van der Waals surface area contributed by atoms with Crippen LogP contribution in [0.3, 0.4) is 0 Å². The van der Waals surface area contributed by atoms with E-state index in [1.807, 2.05) is 25.1 Å². The van der Waals surface area contributed by atoms with E-state index in [0.717, 1.165) is 39.2 Å². The highest BCUT2D eigenvalue weighted by Gasteiger charge is 2.15. The second-order valence-electron chi connectivity index (χ2n) is 8.24. The fourth-order valence-electron chi connectivity index (χ4n) is 4.02. The maximum atomic E-state index is 14.1. The predicted octanol–water partition coefficient (Wildman–Crippen LogP) is 6.82. The minimum absolute atomic E-state index is 0.294. The van der Waals surface area contributed by atoms with Crippen molar-refractivity contribution in [1.29, 1.82) is 0 Å². The quantitative estimate of drug-likeness (QED) is 0.239. The molecule has 0 amide bonds. The number of aryl methyl sites for hydroxylation is 2. The third kappa shape index (κ3) is 5.28. The van der Waals surface area contributed by atoms with E-state index in [2.05, 4.69) is 26.8 Å². The summed E-state index contributed by atoms with van der Waals surface area (Å²) in [6, 6.07) is 10.4. The number of anilines is 1. The van der Waals surface area contributed by atoms with Crippen molar-refractivity contribution in [2.75, 3.05) is 17.6 Å². The monoisotopic (exact) mass is 512 g/mol. The normalized spacial score (nSPS) is 11.2. The molecule has 4 rings (SSSR count). The molecule has 6 nitrogen and oxygen atoms in total. The Morgan fingerprint density at radius 1 is 1.20 bits per heavy atom. The van der Waals surface area contributed by atoms with E-state index in [9.17, 15) is 14.3 Å². The molecule has 2 aromatic carbocycles. The van der Waals surface area contributed by atoms with Crippen molar-refractivity contribution in [2.24, 2.45) is 0 Å². The number of nitrogens with zero attached hydrogens (tertiary/aromatic N) is 3. The molecule has 0 saturated heterocycles. The van der Waals surface area contributed by atoms with Gasteiger partial charge in [0.15, 0.2) is 0 Å². The number of benzene rings is 2. The molecule has 4 aromatic rings. The lowest BCUT2D eigenvalue weighted by Crippen LogP contribution is -2.12. The smallest absolute Gasteiger partial charge is 0.336 e. The van der Waals surface area contributed by atoms with Crippen molar-refractivity contribution in [3.8, 4) is 11.3 Å². The van der Waals surface area contributed by atoms with Gasteiger partial charge in [-0.25, -0.2) is 19.2 Å². The molecule has 35 heavy (non-hydrogen) atoms. The molecule has 0 saturated carbocycles. The molecule has 0 aliphatic heterocycles. The molecule has 2 N–H and O–H groups in total. The first-order chi connectivity index (χ1) is 16.8. The Labute approximate surface area is 212 Å². The molecule has 0 spiro atoms. The number of aromatic nitrogens is 3. The lowest BCUT2D eigenvalue weighted by atomic mass is 10.1. The summed E-state index contributed by atoms with van der Waals surface area (Å²) in [5, 5.41) is 14.0. The van der Waals surface area contributed by atoms with Gasteiger partial charge in [0.1, 0.15) is 18.0 Å². The number of aromatic carboxylic acids is 1. The van der Waals surface area contributed by atoms with E-state index in [1.54, 1.807) is 19.1 Å². The largest absolute Gasteiger partial charge is 0.478 e. The van der Waals surface area contributed by atoms with Gasteiger partial charge in [0.05, 0.1) is 21.8 Å². The summed E-state index contributed by atoms with van der Waals surface area (Å²) < 4.78 is 16.2. The van der Waals surface area contributed by atoms with Crippen LogP contribution in [0.1, 0.15) is 35.0 Å². The average molecular weight is 513 g/mol. The number of halogens is 2. The first kappa shape index (κ1) is 25.0. The molecule has 9 heteroatoms. The van der Waals surface area contributed by atoms with Crippen molar-refractivity contribution < 1.29 is 14.3 Å². The standard InChI is InChI=1S/C26H26ClFN4O2S/c1-4-9-35-23-11-17(5-6-18(23)26(33)34)22-13-24(31-14-30-22)29-7-8-32-15(2)10-19-16(3)21(28)12-20(27)25(19)32/h5-6,10-14H,4,7-9H2,1-3H3,(H,33,34)(H,29,30,31). The van der Waals surface area contributed by atoms with Gasteiger partial charge in [-0.15, -0.1) is 11.8 Å². The van der Waals surface area contributed by atoms with Crippen LogP contribution in [0, 0.1) is 19.7 Å². The summed E-state index contributed by atoms with van der Waals surface area (Å²) in [5.41, 5.74) is 4.23. The van der Waals surface area contributed by atoms with E-state index < -0.39 is 5.97 Å². The summed E-state index contributed by atoms with van der Waals surface area (Å²) in [6.07, 6.45) is 2.44. The number of fused-ring (bicyclic) bond motifs is 1. The van der Waals surface area contributed by atoms with Crippen LogP contribution in [-0.2, 0) is 6.54 Å². The lowest BCUT2D eigenvalue weighted by Gasteiger charge is -2.12. The summed E-state index contributed by atoms with van der Waals surface area (Å²) >= 11 is 7.90. The molecule has 0 radical (unpaired) electrons. The number of rotatable bonds is 9. The van der Waals surface area contributed by atoms with Gasteiger partial charge in [-0.2, -0.15) is 0 Å². The van der Waals surface area contributed by atoms with Gasteiger partial charge >= 0.3 is 5.97 Å². The highest BCUT2D eigenvalue weighted by atomic mass is 35.5. The summed E-state index contributed by atoms with van der Waals surface area (Å²) in [6.45, 7) is 6.98. The van der Waals surface area contributed by atoms with Crippen molar-refractivity contribution in [2.45, 2.75) is 38.6 Å². The molecule has 2 heterocycles. The lowest BCUT2D eigenvalue weighted by molar-refractivity contribution is 0.0693. The Kier molecular flexibility index (Phi) is 7.62. The molecule has 0 aliphatic carbocycles. The van der Waals surface area contributed by atoms with Gasteiger partial charge in [0.25, 0.3) is 0 Å². The number of hydrogen-bond acceptors (Lipinski definition) is 5. The van der Waals surface area contributed by atoms with Crippen LogP contribution in [0.2, 0.25) is 5.02 Å². The number of thioether (sulfide) groups is 1. The van der Waals surface area contributed by atoms with Crippen molar-refractivity contribution in [3.63, 3.8) is 0 Å². The molecule has 0 aliphatic rings. The summed E-state index contributed by atoms with van der Waals surface area (Å²) in [7, 11) is 0. The minimum atomic E-state index is -0.939. The van der Waals surface area contributed by atoms with E-state index in [1.165, 1.54) is 24.2 Å². The fourth-order valence-corrected chi connectivity index (χ4v) is 5.27. The van der Waals surface area contributed by atoms with Crippen LogP contribution >= 0.6 is 23.4 Å². The number of carbonyl (C=O) groups is 1. The fraction of sp³-hybridized carbons (Fsp3) is 0.269. The van der Waals surface area contributed by atoms with Crippen LogP contribution in [-0.4, -0.2) is 37.9 Å². The molecular formula is C26H26ClFN4O2S. The van der Waals surface area contributed by atoms with E-state index >= 15 is 0 Å². The van der Waals surface area contributed by atoms with E-state index in [4.69, 9.17) is 11.6 Å². The molecule has 0 atom stereocenters. The molecule has 0 bridgehead atoms. The highest BCUT2D eigenvalue weighted by Crippen LogP contribution is 2.32. The molecule has 2 aromatic heterocycles. The van der Waals surface area contributed by atoms with Crippen LogP contribution in [0.25, 0.3) is 22.2 Å². The van der Waals surface area contributed by atoms with Crippen molar-refractivity contribution >= 4 is 46.1 Å². The second kappa shape index (κ2) is 10.7. The van der Waals surface area contributed by atoms with Gasteiger partial charge in [-0.1, -0.05) is 24.6 Å². The first-order valence-corrected chi connectivity index (χ1v) is 12.7.